The van der Waals surface area contributed by atoms with Gasteiger partial charge in [0.15, 0.2) is 6.10 Å². The molecule has 1 N–H and O–H groups in total. The molecule has 0 saturated heterocycles. The first-order chi connectivity index (χ1) is 12.0. The zero-order valence-electron chi connectivity index (χ0n) is 13.5. The van der Waals surface area contributed by atoms with E-state index in [9.17, 15) is 4.79 Å². The van der Waals surface area contributed by atoms with Crippen molar-refractivity contribution in [3.05, 3.63) is 57.3 Å². The zero-order chi connectivity index (χ0) is 18.0. The normalized spacial score (nSPS) is 13.0. The second-order valence-corrected chi connectivity index (χ2v) is 7.19. The quantitative estimate of drug-likeness (QED) is 0.679. The zero-order valence-corrected chi connectivity index (χ0v) is 15.8. The van der Waals surface area contributed by atoms with Crippen molar-refractivity contribution in [2.75, 3.05) is 0 Å². The standard InChI is InChI=1S/C17H15Cl2N3O2S/c1-10(24-14-8-7-11(18)9-12(14)19)16(23)20-21-17-22(2)13-5-3-4-6-15(13)25-17/h3-10H,1-2H3,(H,20,23)/b21-17+/t10-/m0/s1. The maximum atomic E-state index is 12.2. The van der Waals surface area contributed by atoms with Gasteiger partial charge in [0.25, 0.3) is 5.91 Å². The van der Waals surface area contributed by atoms with Crippen molar-refractivity contribution in [1.29, 1.82) is 0 Å². The monoisotopic (exact) mass is 395 g/mol. The van der Waals surface area contributed by atoms with Crippen molar-refractivity contribution in [2.24, 2.45) is 12.1 Å². The Labute approximate surface area is 158 Å². The van der Waals surface area contributed by atoms with E-state index in [-0.39, 0.29) is 5.91 Å². The Bertz CT molecular complexity index is 997. The fourth-order valence-corrected chi connectivity index (χ4v) is 3.63. The first-order valence-corrected chi connectivity index (χ1v) is 9.03. The van der Waals surface area contributed by atoms with Gasteiger partial charge in [-0.1, -0.05) is 46.7 Å². The molecule has 0 radical (unpaired) electrons. The molecule has 0 aliphatic heterocycles. The van der Waals surface area contributed by atoms with Gasteiger partial charge in [-0.15, -0.1) is 5.10 Å². The molecule has 5 nitrogen and oxygen atoms in total. The largest absolute Gasteiger partial charge is 0.479 e. The van der Waals surface area contributed by atoms with E-state index in [2.05, 4.69) is 10.5 Å². The molecule has 1 amide bonds. The number of hydrogen-bond acceptors (Lipinski definition) is 4. The predicted molar refractivity (Wildman–Crippen MR) is 101 cm³/mol. The molecule has 0 aliphatic rings. The highest BCUT2D eigenvalue weighted by Crippen LogP contribution is 2.28. The number of fused-ring (bicyclic) bond motifs is 1. The highest BCUT2D eigenvalue weighted by molar-refractivity contribution is 7.16. The summed E-state index contributed by atoms with van der Waals surface area (Å²) in [6, 6.07) is 12.8. The van der Waals surface area contributed by atoms with Crippen LogP contribution in [0.3, 0.4) is 0 Å². The van der Waals surface area contributed by atoms with Gasteiger partial charge in [-0.05, 0) is 37.3 Å². The molecule has 0 spiro atoms. The van der Waals surface area contributed by atoms with Crippen LogP contribution in [0.1, 0.15) is 6.92 Å². The van der Waals surface area contributed by atoms with Crippen molar-refractivity contribution in [2.45, 2.75) is 13.0 Å². The van der Waals surface area contributed by atoms with E-state index in [0.717, 1.165) is 10.2 Å². The van der Waals surface area contributed by atoms with Crippen LogP contribution in [0.15, 0.2) is 47.6 Å². The van der Waals surface area contributed by atoms with Crippen LogP contribution in [-0.2, 0) is 11.8 Å². The van der Waals surface area contributed by atoms with E-state index in [1.807, 2.05) is 35.9 Å². The van der Waals surface area contributed by atoms with E-state index in [1.165, 1.54) is 11.3 Å². The molecule has 0 aliphatic carbocycles. The third kappa shape index (κ3) is 3.98. The van der Waals surface area contributed by atoms with Gasteiger partial charge in [0.1, 0.15) is 5.75 Å². The van der Waals surface area contributed by atoms with Crippen LogP contribution in [0.5, 0.6) is 5.75 Å². The molecule has 1 heterocycles. The number of ether oxygens (including phenoxy) is 1. The number of rotatable bonds is 4. The third-order valence-electron chi connectivity index (χ3n) is 3.54. The molecule has 0 saturated carbocycles. The minimum Gasteiger partial charge on any atom is -0.479 e. The minimum absolute atomic E-state index is 0.347. The summed E-state index contributed by atoms with van der Waals surface area (Å²) in [6.45, 7) is 1.63. The fraction of sp³-hybridized carbons (Fsp3) is 0.176. The van der Waals surface area contributed by atoms with E-state index < -0.39 is 6.10 Å². The summed E-state index contributed by atoms with van der Waals surface area (Å²) in [4.78, 5) is 12.9. The van der Waals surface area contributed by atoms with Crippen LogP contribution in [0.2, 0.25) is 10.0 Å². The summed E-state index contributed by atoms with van der Waals surface area (Å²) in [5.41, 5.74) is 3.59. The lowest BCUT2D eigenvalue weighted by Crippen LogP contribution is -2.35. The topological polar surface area (TPSA) is 55.6 Å². The van der Waals surface area contributed by atoms with Crippen LogP contribution in [-0.4, -0.2) is 16.6 Å². The van der Waals surface area contributed by atoms with E-state index >= 15 is 0 Å². The molecule has 130 valence electrons. The summed E-state index contributed by atoms with van der Waals surface area (Å²) < 4.78 is 8.58. The highest BCUT2D eigenvalue weighted by atomic mass is 35.5. The van der Waals surface area contributed by atoms with Gasteiger partial charge in [0, 0.05) is 12.1 Å². The number of carbonyl (C=O) groups excluding carboxylic acids is 1. The number of halogens is 2. The van der Waals surface area contributed by atoms with Crippen molar-refractivity contribution in [3.63, 3.8) is 0 Å². The van der Waals surface area contributed by atoms with Gasteiger partial charge in [0.05, 0.1) is 15.2 Å². The van der Waals surface area contributed by atoms with Crippen LogP contribution in [0, 0.1) is 0 Å². The number of aryl methyl sites for hydroxylation is 1. The van der Waals surface area contributed by atoms with E-state index in [0.29, 0.717) is 20.6 Å². The Morgan fingerprint density at radius 3 is 2.76 bits per heavy atom. The molecule has 0 bridgehead atoms. The van der Waals surface area contributed by atoms with E-state index in [1.54, 1.807) is 25.1 Å². The minimum atomic E-state index is -0.762. The molecule has 8 heteroatoms. The fourth-order valence-electron chi connectivity index (χ4n) is 2.20. The lowest BCUT2D eigenvalue weighted by molar-refractivity contribution is -0.127. The molecule has 0 fully saturated rings. The van der Waals surface area contributed by atoms with Crippen LogP contribution in [0.25, 0.3) is 10.2 Å². The van der Waals surface area contributed by atoms with Crippen molar-refractivity contribution in [1.82, 2.24) is 9.99 Å². The summed E-state index contributed by atoms with van der Waals surface area (Å²) in [5.74, 6) is 0.0182. The molecule has 1 aromatic heterocycles. The van der Waals surface area contributed by atoms with Gasteiger partial charge in [-0.2, -0.15) is 0 Å². The van der Waals surface area contributed by atoms with Gasteiger partial charge in [-0.3, -0.25) is 4.79 Å². The number of hydrogen-bond donors (Lipinski definition) is 1. The number of benzene rings is 2. The Balaban J connectivity index is 1.73. The number of nitrogens with one attached hydrogen (secondary N) is 1. The number of thiazole rings is 1. The average Bonchev–Trinajstić information content (AvgIpc) is 2.91. The maximum absolute atomic E-state index is 12.2. The number of nitrogens with zero attached hydrogens (tertiary/aromatic N) is 2. The predicted octanol–water partition coefficient (Wildman–Crippen LogP) is 3.95. The van der Waals surface area contributed by atoms with Crippen molar-refractivity contribution >= 4 is 50.7 Å². The first kappa shape index (κ1) is 17.8. The molecule has 3 aromatic rings. The molecule has 3 rings (SSSR count). The van der Waals surface area contributed by atoms with Gasteiger partial charge in [0.2, 0.25) is 4.80 Å². The third-order valence-corrected chi connectivity index (χ3v) is 5.19. The lowest BCUT2D eigenvalue weighted by atomic mass is 10.3. The molecular formula is C17H15Cl2N3O2S. The van der Waals surface area contributed by atoms with E-state index in [4.69, 9.17) is 27.9 Å². The number of carbonyl (C=O) groups is 1. The van der Waals surface area contributed by atoms with Gasteiger partial charge in [-0.25, -0.2) is 5.43 Å². The number of amides is 1. The van der Waals surface area contributed by atoms with Crippen LogP contribution < -0.4 is 15.0 Å². The Morgan fingerprint density at radius 2 is 2.04 bits per heavy atom. The number of para-hydroxylation sites is 1. The molecule has 1 atom stereocenters. The van der Waals surface area contributed by atoms with Gasteiger partial charge < -0.3 is 9.30 Å². The Hall–Kier alpha value is -2.02. The average molecular weight is 396 g/mol. The maximum Gasteiger partial charge on any atom is 0.280 e. The molecule has 25 heavy (non-hydrogen) atoms. The summed E-state index contributed by atoms with van der Waals surface area (Å²) >= 11 is 13.4. The van der Waals surface area contributed by atoms with Crippen LogP contribution in [0.4, 0.5) is 0 Å². The Kier molecular flexibility index (Phi) is 5.32. The molecule has 2 aromatic carbocycles. The molecule has 0 unspecified atom stereocenters. The van der Waals surface area contributed by atoms with Crippen molar-refractivity contribution in [3.8, 4) is 5.75 Å². The molecular weight excluding hydrogens is 381 g/mol. The smallest absolute Gasteiger partial charge is 0.280 e. The van der Waals surface area contributed by atoms with Crippen molar-refractivity contribution < 1.29 is 9.53 Å². The summed E-state index contributed by atoms with van der Waals surface area (Å²) in [6.07, 6.45) is -0.762. The lowest BCUT2D eigenvalue weighted by Gasteiger charge is -2.14. The highest BCUT2D eigenvalue weighted by Gasteiger charge is 2.16. The number of aromatic nitrogens is 1. The first-order valence-electron chi connectivity index (χ1n) is 7.45. The SMILES string of the molecule is C[C@H](Oc1ccc(Cl)cc1Cl)C(=O)N/N=c1/sc2ccccc2n1C. The summed E-state index contributed by atoms with van der Waals surface area (Å²) in [5, 5.41) is 5.04. The second-order valence-electron chi connectivity index (χ2n) is 5.33. The second kappa shape index (κ2) is 7.47. The van der Waals surface area contributed by atoms with Gasteiger partial charge >= 0.3 is 0 Å². The Morgan fingerprint density at radius 1 is 1.28 bits per heavy atom. The summed E-state index contributed by atoms with van der Waals surface area (Å²) in [7, 11) is 1.90. The van der Waals surface area contributed by atoms with Crippen LogP contribution >= 0.6 is 34.5 Å².